The molecule has 1 amide bonds. The lowest BCUT2D eigenvalue weighted by molar-refractivity contribution is -0.124. The van der Waals surface area contributed by atoms with E-state index in [9.17, 15) is 4.79 Å². The molecule has 2 N–H and O–H groups in total. The summed E-state index contributed by atoms with van der Waals surface area (Å²) in [6, 6.07) is 9.60. The second-order valence-corrected chi connectivity index (χ2v) is 5.06. The molecule has 1 aliphatic rings. The van der Waals surface area contributed by atoms with Crippen LogP contribution in [0.5, 0.6) is 5.75 Å². The first-order valence-electron chi connectivity index (χ1n) is 6.93. The molecule has 1 heterocycles. The highest BCUT2D eigenvalue weighted by Crippen LogP contribution is 2.14. The lowest BCUT2D eigenvalue weighted by atomic mass is 9.93. The minimum atomic E-state index is -0.0538. The Bertz CT molecular complexity index is 394. The van der Waals surface area contributed by atoms with Crippen LogP contribution >= 0.6 is 12.4 Å². The van der Waals surface area contributed by atoms with E-state index in [1.165, 1.54) is 12.8 Å². The van der Waals surface area contributed by atoms with Crippen LogP contribution in [0.3, 0.4) is 0 Å². The van der Waals surface area contributed by atoms with Gasteiger partial charge in [-0.05, 0) is 50.9 Å². The van der Waals surface area contributed by atoms with Gasteiger partial charge in [-0.1, -0.05) is 18.2 Å². The average molecular weight is 299 g/mol. The van der Waals surface area contributed by atoms with Crippen LogP contribution in [-0.4, -0.2) is 31.6 Å². The van der Waals surface area contributed by atoms with E-state index >= 15 is 0 Å². The maximum Gasteiger partial charge on any atom is 0.258 e. The van der Waals surface area contributed by atoms with Gasteiger partial charge in [-0.3, -0.25) is 4.79 Å². The molecular weight excluding hydrogens is 276 g/mol. The third-order valence-corrected chi connectivity index (χ3v) is 3.54. The molecule has 5 heteroatoms. The van der Waals surface area contributed by atoms with Crippen LogP contribution in [0.2, 0.25) is 0 Å². The second kappa shape index (κ2) is 8.82. The summed E-state index contributed by atoms with van der Waals surface area (Å²) in [5, 5.41) is 6.38. The standard InChI is InChI=1S/C15H22N2O2.ClH/c1-12(13-6-5-9-16-10-13)17-15(18)11-19-14-7-3-2-4-8-14;/h2-4,7-8,12-13,16H,5-6,9-11H2,1H3,(H,17,18);1H. The number of nitrogens with one attached hydrogen (secondary N) is 2. The Kier molecular flexibility index (Phi) is 7.41. The summed E-state index contributed by atoms with van der Waals surface area (Å²) in [5.74, 6) is 1.20. The molecule has 1 aliphatic heterocycles. The molecule has 1 aromatic carbocycles. The number of para-hydroxylation sites is 1. The predicted molar refractivity (Wildman–Crippen MR) is 82.4 cm³/mol. The summed E-state index contributed by atoms with van der Waals surface area (Å²) >= 11 is 0. The van der Waals surface area contributed by atoms with Gasteiger partial charge in [0.2, 0.25) is 0 Å². The molecule has 1 saturated heterocycles. The Morgan fingerprint density at radius 3 is 2.85 bits per heavy atom. The number of carbonyl (C=O) groups excluding carboxylic acids is 1. The molecule has 0 spiro atoms. The van der Waals surface area contributed by atoms with Crippen molar-refractivity contribution in [2.45, 2.75) is 25.8 Å². The smallest absolute Gasteiger partial charge is 0.258 e. The number of halogens is 1. The van der Waals surface area contributed by atoms with Crippen LogP contribution in [0.25, 0.3) is 0 Å². The first-order chi connectivity index (χ1) is 9.25. The van der Waals surface area contributed by atoms with Gasteiger partial charge in [-0.15, -0.1) is 12.4 Å². The quantitative estimate of drug-likeness (QED) is 0.874. The second-order valence-electron chi connectivity index (χ2n) is 5.06. The highest BCUT2D eigenvalue weighted by Gasteiger charge is 2.21. The maximum absolute atomic E-state index is 11.8. The van der Waals surface area contributed by atoms with Crippen LogP contribution in [0.1, 0.15) is 19.8 Å². The summed E-state index contributed by atoms with van der Waals surface area (Å²) < 4.78 is 5.43. The van der Waals surface area contributed by atoms with E-state index in [0.29, 0.717) is 5.92 Å². The van der Waals surface area contributed by atoms with Crippen molar-refractivity contribution in [2.24, 2.45) is 5.92 Å². The molecule has 0 saturated carbocycles. The van der Waals surface area contributed by atoms with Crippen molar-refractivity contribution < 1.29 is 9.53 Å². The number of hydrogen-bond donors (Lipinski definition) is 2. The van der Waals surface area contributed by atoms with Crippen molar-refractivity contribution in [3.8, 4) is 5.75 Å². The van der Waals surface area contributed by atoms with E-state index in [4.69, 9.17) is 4.74 Å². The highest BCUT2D eigenvalue weighted by atomic mass is 35.5. The fraction of sp³-hybridized carbons (Fsp3) is 0.533. The number of amides is 1. The van der Waals surface area contributed by atoms with Gasteiger partial charge in [0.1, 0.15) is 5.75 Å². The average Bonchev–Trinajstić information content (AvgIpc) is 2.47. The van der Waals surface area contributed by atoms with E-state index in [1.807, 2.05) is 30.3 Å². The van der Waals surface area contributed by atoms with Gasteiger partial charge in [0.05, 0.1) is 0 Å². The summed E-state index contributed by atoms with van der Waals surface area (Å²) in [7, 11) is 0. The van der Waals surface area contributed by atoms with Crippen LogP contribution in [-0.2, 0) is 4.79 Å². The fourth-order valence-electron chi connectivity index (χ4n) is 2.38. The molecule has 1 aromatic rings. The van der Waals surface area contributed by atoms with Gasteiger partial charge < -0.3 is 15.4 Å². The van der Waals surface area contributed by atoms with Gasteiger partial charge in [0, 0.05) is 6.04 Å². The van der Waals surface area contributed by atoms with Gasteiger partial charge in [-0.25, -0.2) is 0 Å². The fourth-order valence-corrected chi connectivity index (χ4v) is 2.38. The van der Waals surface area contributed by atoms with E-state index in [1.54, 1.807) is 0 Å². The zero-order chi connectivity index (χ0) is 13.5. The number of hydrogen-bond acceptors (Lipinski definition) is 3. The predicted octanol–water partition coefficient (Wildman–Crippen LogP) is 1.99. The zero-order valence-electron chi connectivity index (χ0n) is 11.8. The van der Waals surface area contributed by atoms with Crippen molar-refractivity contribution in [1.29, 1.82) is 0 Å². The summed E-state index contributed by atoms with van der Waals surface area (Å²) in [6.07, 6.45) is 2.36. The molecule has 1 fully saturated rings. The Balaban J connectivity index is 0.00000200. The van der Waals surface area contributed by atoms with Crippen LogP contribution < -0.4 is 15.4 Å². The van der Waals surface area contributed by atoms with Crippen LogP contribution in [0.4, 0.5) is 0 Å². The summed E-state index contributed by atoms with van der Waals surface area (Å²) in [5.41, 5.74) is 0. The molecule has 0 aromatic heterocycles. The molecule has 0 aliphatic carbocycles. The molecule has 4 nitrogen and oxygen atoms in total. The van der Waals surface area contributed by atoms with Crippen molar-refractivity contribution in [1.82, 2.24) is 10.6 Å². The Morgan fingerprint density at radius 2 is 2.20 bits per heavy atom. The Morgan fingerprint density at radius 1 is 1.45 bits per heavy atom. The van der Waals surface area contributed by atoms with Gasteiger partial charge in [-0.2, -0.15) is 0 Å². The Labute approximate surface area is 126 Å². The van der Waals surface area contributed by atoms with Crippen molar-refractivity contribution in [2.75, 3.05) is 19.7 Å². The van der Waals surface area contributed by atoms with Crippen LogP contribution in [0.15, 0.2) is 30.3 Å². The largest absolute Gasteiger partial charge is 0.484 e. The van der Waals surface area contributed by atoms with E-state index in [2.05, 4.69) is 17.6 Å². The maximum atomic E-state index is 11.8. The summed E-state index contributed by atoms with van der Waals surface area (Å²) in [6.45, 7) is 4.22. The summed E-state index contributed by atoms with van der Waals surface area (Å²) in [4.78, 5) is 11.8. The van der Waals surface area contributed by atoms with Gasteiger partial charge >= 0.3 is 0 Å². The minimum absolute atomic E-state index is 0. The van der Waals surface area contributed by atoms with Gasteiger partial charge in [0.25, 0.3) is 5.91 Å². The van der Waals surface area contributed by atoms with Crippen LogP contribution in [0, 0.1) is 5.92 Å². The molecule has 0 radical (unpaired) electrons. The molecule has 2 atom stereocenters. The van der Waals surface area contributed by atoms with Gasteiger partial charge in [0.15, 0.2) is 6.61 Å². The number of ether oxygens (including phenoxy) is 1. The Hall–Kier alpha value is -1.26. The van der Waals surface area contributed by atoms with Crippen molar-refractivity contribution >= 4 is 18.3 Å². The number of piperidine rings is 1. The molecular formula is C15H23ClN2O2. The third-order valence-electron chi connectivity index (χ3n) is 3.54. The third kappa shape index (κ3) is 5.39. The highest BCUT2D eigenvalue weighted by molar-refractivity contribution is 5.85. The number of carbonyl (C=O) groups is 1. The van der Waals surface area contributed by atoms with E-state index in [0.717, 1.165) is 18.8 Å². The monoisotopic (exact) mass is 298 g/mol. The molecule has 20 heavy (non-hydrogen) atoms. The lowest BCUT2D eigenvalue weighted by Gasteiger charge is -2.28. The van der Waals surface area contributed by atoms with Crippen molar-refractivity contribution in [3.05, 3.63) is 30.3 Å². The normalized spacial score (nSPS) is 19.6. The van der Waals surface area contributed by atoms with E-state index in [-0.39, 0.29) is 31.0 Å². The molecule has 112 valence electrons. The minimum Gasteiger partial charge on any atom is -0.484 e. The van der Waals surface area contributed by atoms with E-state index < -0.39 is 0 Å². The SMILES string of the molecule is CC(NC(=O)COc1ccccc1)C1CCCNC1.Cl. The molecule has 0 bridgehead atoms. The zero-order valence-corrected chi connectivity index (χ0v) is 12.6. The topological polar surface area (TPSA) is 50.4 Å². The molecule has 2 rings (SSSR count). The number of benzene rings is 1. The van der Waals surface area contributed by atoms with Crippen molar-refractivity contribution in [3.63, 3.8) is 0 Å². The number of rotatable bonds is 5. The molecule has 2 unspecified atom stereocenters. The first-order valence-corrected chi connectivity index (χ1v) is 6.93. The first kappa shape index (κ1) is 16.8. The lowest BCUT2D eigenvalue weighted by Crippen LogP contribution is -2.45.